The molecule has 0 spiro atoms. The van der Waals surface area contributed by atoms with Crippen molar-refractivity contribution in [1.29, 1.82) is 0 Å². The summed E-state index contributed by atoms with van der Waals surface area (Å²) in [6, 6.07) is 8.37. The van der Waals surface area contributed by atoms with E-state index in [1.54, 1.807) is 37.4 Å². The molecular formula is C18H17N3O3S. The predicted molar refractivity (Wildman–Crippen MR) is 99.1 cm³/mol. The highest BCUT2D eigenvalue weighted by molar-refractivity contribution is 7.21. The van der Waals surface area contributed by atoms with Crippen molar-refractivity contribution < 1.29 is 14.3 Å². The molecule has 2 aromatic heterocycles. The topological polar surface area (TPSA) is 94.3 Å². The summed E-state index contributed by atoms with van der Waals surface area (Å²) in [6.45, 7) is 4.00. The first-order chi connectivity index (χ1) is 12.0. The van der Waals surface area contributed by atoms with E-state index < -0.39 is 5.97 Å². The number of rotatable bonds is 4. The number of aromatic nitrogens is 1. The van der Waals surface area contributed by atoms with Crippen LogP contribution in [0.4, 0.5) is 11.4 Å². The van der Waals surface area contributed by atoms with Crippen molar-refractivity contribution in [3.05, 3.63) is 52.5 Å². The van der Waals surface area contributed by atoms with Crippen molar-refractivity contribution >= 4 is 44.8 Å². The number of amides is 1. The van der Waals surface area contributed by atoms with Gasteiger partial charge in [0, 0.05) is 17.3 Å². The number of esters is 1. The van der Waals surface area contributed by atoms with E-state index in [4.69, 9.17) is 10.5 Å². The Kier molecular flexibility index (Phi) is 4.67. The molecule has 0 unspecified atom stereocenters. The Labute approximate surface area is 148 Å². The summed E-state index contributed by atoms with van der Waals surface area (Å²) in [5.74, 6) is -0.695. The molecule has 3 aromatic rings. The van der Waals surface area contributed by atoms with Crippen LogP contribution < -0.4 is 11.1 Å². The normalized spacial score (nSPS) is 10.6. The first-order valence-corrected chi connectivity index (χ1v) is 8.55. The molecular weight excluding hydrogens is 338 g/mol. The fourth-order valence-electron chi connectivity index (χ4n) is 2.46. The summed E-state index contributed by atoms with van der Waals surface area (Å²) in [5.41, 5.74) is 8.56. The van der Waals surface area contributed by atoms with Crippen LogP contribution in [-0.4, -0.2) is 23.5 Å². The van der Waals surface area contributed by atoms with E-state index >= 15 is 0 Å². The van der Waals surface area contributed by atoms with Crippen LogP contribution in [0.15, 0.2) is 36.5 Å². The zero-order valence-corrected chi connectivity index (χ0v) is 14.6. The van der Waals surface area contributed by atoms with Gasteiger partial charge in [-0.05, 0) is 49.7 Å². The minimum absolute atomic E-state index is 0.302. The van der Waals surface area contributed by atoms with Gasteiger partial charge in [-0.25, -0.2) is 9.78 Å². The Hall–Kier alpha value is -2.93. The Bertz CT molecular complexity index is 948. The van der Waals surface area contributed by atoms with E-state index in [1.807, 2.05) is 13.0 Å². The molecule has 0 fully saturated rings. The van der Waals surface area contributed by atoms with Crippen LogP contribution in [0.25, 0.3) is 10.2 Å². The summed E-state index contributed by atoms with van der Waals surface area (Å²) in [5, 5.41) is 3.60. The minimum Gasteiger partial charge on any atom is -0.462 e. The monoisotopic (exact) mass is 355 g/mol. The van der Waals surface area contributed by atoms with Gasteiger partial charge >= 0.3 is 5.97 Å². The molecule has 6 nitrogen and oxygen atoms in total. The number of benzene rings is 1. The van der Waals surface area contributed by atoms with Crippen LogP contribution >= 0.6 is 11.3 Å². The molecule has 0 saturated heterocycles. The second kappa shape index (κ2) is 6.90. The first kappa shape index (κ1) is 16.9. The number of carbonyl (C=O) groups is 2. The molecule has 0 bridgehead atoms. The van der Waals surface area contributed by atoms with Crippen LogP contribution in [0.2, 0.25) is 0 Å². The molecule has 1 amide bonds. The largest absolute Gasteiger partial charge is 0.462 e. The van der Waals surface area contributed by atoms with Gasteiger partial charge in [0.15, 0.2) is 0 Å². The van der Waals surface area contributed by atoms with Crippen molar-refractivity contribution in [2.24, 2.45) is 0 Å². The number of hydrogen-bond acceptors (Lipinski definition) is 6. The molecule has 7 heteroatoms. The highest BCUT2D eigenvalue weighted by atomic mass is 32.1. The lowest BCUT2D eigenvalue weighted by Crippen LogP contribution is -2.12. The third kappa shape index (κ3) is 3.32. The molecule has 0 aliphatic carbocycles. The van der Waals surface area contributed by atoms with Crippen molar-refractivity contribution in [1.82, 2.24) is 4.98 Å². The number of nitrogen functional groups attached to an aromatic ring is 1. The van der Waals surface area contributed by atoms with Crippen LogP contribution in [0, 0.1) is 6.92 Å². The summed E-state index contributed by atoms with van der Waals surface area (Å²) in [7, 11) is 0. The minimum atomic E-state index is -0.393. The smallest absolute Gasteiger partial charge is 0.338 e. The number of carbonyl (C=O) groups excluding carboxylic acids is 2. The highest BCUT2D eigenvalue weighted by Crippen LogP contribution is 2.34. The van der Waals surface area contributed by atoms with Gasteiger partial charge in [0.2, 0.25) is 0 Å². The number of anilines is 2. The van der Waals surface area contributed by atoms with Crippen molar-refractivity contribution in [3.8, 4) is 0 Å². The van der Waals surface area contributed by atoms with Crippen molar-refractivity contribution in [2.75, 3.05) is 17.7 Å². The number of thiophene rings is 1. The average molecular weight is 355 g/mol. The number of aryl methyl sites for hydroxylation is 1. The van der Waals surface area contributed by atoms with Gasteiger partial charge in [-0.15, -0.1) is 11.3 Å². The molecule has 0 atom stereocenters. The molecule has 25 heavy (non-hydrogen) atoms. The molecule has 0 aliphatic rings. The first-order valence-electron chi connectivity index (χ1n) is 7.73. The maximum Gasteiger partial charge on any atom is 0.338 e. The molecule has 0 saturated carbocycles. The SMILES string of the molecule is CCOC(=O)c1ccc(NC(=O)c2sc3nccc(C)c3c2N)cc1. The number of nitrogens with one attached hydrogen (secondary N) is 1. The predicted octanol–water partition coefficient (Wildman–Crippen LogP) is 3.62. The summed E-state index contributed by atoms with van der Waals surface area (Å²) < 4.78 is 4.93. The average Bonchev–Trinajstić information content (AvgIpc) is 2.94. The second-order valence-corrected chi connectivity index (χ2v) is 6.40. The number of ether oxygens (including phenoxy) is 1. The zero-order chi connectivity index (χ0) is 18.0. The van der Waals surface area contributed by atoms with E-state index in [2.05, 4.69) is 10.3 Å². The fraction of sp³-hybridized carbons (Fsp3) is 0.167. The van der Waals surface area contributed by atoms with Crippen LogP contribution in [0.5, 0.6) is 0 Å². The van der Waals surface area contributed by atoms with Gasteiger partial charge in [-0.3, -0.25) is 4.79 Å². The van der Waals surface area contributed by atoms with Gasteiger partial charge < -0.3 is 15.8 Å². The number of pyridine rings is 1. The van der Waals surface area contributed by atoms with Gasteiger partial charge in [-0.1, -0.05) is 0 Å². The molecule has 0 aliphatic heterocycles. The Morgan fingerprint density at radius 1 is 1.24 bits per heavy atom. The number of nitrogens with zero attached hydrogens (tertiary/aromatic N) is 1. The molecule has 3 rings (SSSR count). The van der Waals surface area contributed by atoms with Gasteiger partial charge in [0.05, 0.1) is 17.9 Å². The summed E-state index contributed by atoms with van der Waals surface area (Å²) in [4.78, 5) is 29.6. The molecule has 1 aromatic carbocycles. The van der Waals surface area contributed by atoms with Gasteiger partial charge in [0.1, 0.15) is 9.71 Å². The number of fused-ring (bicyclic) bond motifs is 1. The lowest BCUT2D eigenvalue weighted by molar-refractivity contribution is 0.0526. The van der Waals surface area contributed by atoms with Crippen LogP contribution in [0.3, 0.4) is 0 Å². The Morgan fingerprint density at radius 3 is 2.60 bits per heavy atom. The quantitative estimate of drug-likeness (QED) is 0.697. The lowest BCUT2D eigenvalue weighted by atomic mass is 10.1. The Balaban J connectivity index is 1.82. The van der Waals surface area contributed by atoms with E-state index in [9.17, 15) is 9.59 Å². The van der Waals surface area contributed by atoms with E-state index in [-0.39, 0.29) is 5.91 Å². The third-order valence-corrected chi connectivity index (χ3v) is 4.81. The van der Waals surface area contributed by atoms with E-state index in [1.165, 1.54) is 11.3 Å². The van der Waals surface area contributed by atoms with Gasteiger partial charge in [0.25, 0.3) is 5.91 Å². The van der Waals surface area contributed by atoms with Crippen LogP contribution in [-0.2, 0) is 4.74 Å². The van der Waals surface area contributed by atoms with Crippen molar-refractivity contribution in [3.63, 3.8) is 0 Å². The lowest BCUT2D eigenvalue weighted by Gasteiger charge is -2.06. The molecule has 128 valence electrons. The van der Waals surface area contributed by atoms with E-state index in [0.29, 0.717) is 28.4 Å². The molecule has 2 heterocycles. The van der Waals surface area contributed by atoms with E-state index in [0.717, 1.165) is 15.8 Å². The summed E-state index contributed by atoms with van der Waals surface area (Å²) in [6.07, 6.45) is 1.70. The third-order valence-electron chi connectivity index (χ3n) is 3.70. The Morgan fingerprint density at radius 2 is 1.96 bits per heavy atom. The van der Waals surface area contributed by atoms with Gasteiger partial charge in [-0.2, -0.15) is 0 Å². The maximum atomic E-state index is 12.5. The highest BCUT2D eigenvalue weighted by Gasteiger charge is 2.18. The molecule has 0 radical (unpaired) electrons. The number of hydrogen-bond donors (Lipinski definition) is 2. The second-order valence-electron chi connectivity index (χ2n) is 5.40. The van der Waals surface area contributed by atoms with Crippen LogP contribution in [0.1, 0.15) is 32.5 Å². The van der Waals surface area contributed by atoms with Crippen molar-refractivity contribution in [2.45, 2.75) is 13.8 Å². The standard InChI is InChI=1S/C18H17N3O3S/c1-3-24-18(23)11-4-6-12(7-5-11)21-16(22)15-14(19)13-10(2)8-9-20-17(13)25-15/h4-9H,3,19H2,1-2H3,(H,21,22). The summed E-state index contributed by atoms with van der Waals surface area (Å²) >= 11 is 1.26. The number of nitrogens with two attached hydrogens (primary N) is 1. The zero-order valence-electron chi connectivity index (χ0n) is 13.8. The maximum absolute atomic E-state index is 12.5. The molecule has 3 N–H and O–H groups in total. The fourth-order valence-corrected chi connectivity index (χ4v) is 3.50.